The zero-order valence-electron chi connectivity index (χ0n) is 8.63. The summed E-state index contributed by atoms with van der Waals surface area (Å²) >= 11 is 0. The average molecular weight is 233 g/mol. The quantitative estimate of drug-likeness (QED) is 0.885. The highest BCUT2D eigenvalue weighted by Crippen LogP contribution is 2.25. The molecule has 0 bridgehead atoms. The van der Waals surface area contributed by atoms with Crippen LogP contribution in [-0.4, -0.2) is 16.1 Å². The first-order chi connectivity index (χ1) is 8.18. The minimum Gasteiger partial charge on any atom is -0.477 e. The van der Waals surface area contributed by atoms with Gasteiger partial charge in [0, 0.05) is 12.3 Å². The Morgan fingerprint density at radius 2 is 2.06 bits per heavy atom. The summed E-state index contributed by atoms with van der Waals surface area (Å²) in [5.74, 6) is -2.09. The number of carboxylic acid groups (broad SMARTS) is 1. The van der Waals surface area contributed by atoms with Gasteiger partial charge in [0.15, 0.2) is 0 Å². The van der Waals surface area contributed by atoms with Crippen LogP contribution in [0.3, 0.4) is 0 Å². The normalized spacial score (nSPS) is 9.94. The van der Waals surface area contributed by atoms with Crippen molar-refractivity contribution in [3.63, 3.8) is 0 Å². The van der Waals surface area contributed by atoms with Gasteiger partial charge in [0.05, 0.1) is 0 Å². The number of aromatic nitrogens is 1. The molecule has 1 aromatic heterocycles. The van der Waals surface area contributed by atoms with E-state index in [9.17, 15) is 9.18 Å². The fourth-order valence-electron chi connectivity index (χ4n) is 1.32. The molecule has 86 valence electrons. The molecule has 0 fully saturated rings. The van der Waals surface area contributed by atoms with Crippen LogP contribution in [0.25, 0.3) is 0 Å². The minimum absolute atomic E-state index is 0.0730. The van der Waals surface area contributed by atoms with Crippen molar-refractivity contribution >= 4 is 5.97 Å². The molecule has 0 aliphatic carbocycles. The average Bonchev–Trinajstić information content (AvgIpc) is 2.30. The maximum Gasteiger partial charge on any atom is 0.342 e. The van der Waals surface area contributed by atoms with Crippen molar-refractivity contribution in [2.24, 2.45) is 0 Å². The number of carbonyl (C=O) groups is 1. The highest BCUT2D eigenvalue weighted by molar-refractivity contribution is 5.91. The topological polar surface area (TPSA) is 59.4 Å². The summed E-state index contributed by atoms with van der Waals surface area (Å²) in [5, 5.41) is 8.88. The summed E-state index contributed by atoms with van der Waals surface area (Å²) in [6.45, 7) is 0. The van der Waals surface area contributed by atoms with Gasteiger partial charge in [-0.3, -0.25) is 0 Å². The summed E-state index contributed by atoms with van der Waals surface area (Å²) < 4.78 is 18.5. The van der Waals surface area contributed by atoms with Crippen LogP contribution in [0.2, 0.25) is 0 Å². The molecule has 0 unspecified atom stereocenters. The lowest BCUT2D eigenvalue weighted by Crippen LogP contribution is -2.03. The Kier molecular flexibility index (Phi) is 3.00. The number of hydrogen-bond acceptors (Lipinski definition) is 3. The van der Waals surface area contributed by atoms with Gasteiger partial charge in [-0.2, -0.15) is 0 Å². The Balaban J connectivity index is 2.40. The third kappa shape index (κ3) is 2.39. The molecule has 4 nitrogen and oxygen atoms in total. The Morgan fingerprint density at radius 3 is 2.71 bits per heavy atom. The van der Waals surface area contributed by atoms with E-state index in [-0.39, 0.29) is 11.6 Å². The van der Waals surface area contributed by atoms with E-state index >= 15 is 0 Å². The highest BCUT2D eigenvalue weighted by atomic mass is 19.1. The zero-order valence-corrected chi connectivity index (χ0v) is 8.63. The summed E-state index contributed by atoms with van der Waals surface area (Å²) in [5.41, 5.74) is -0.502. The van der Waals surface area contributed by atoms with Crippen molar-refractivity contribution in [2.45, 2.75) is 0 Å². The third-order valence-corrected chi connectivity index (χ3v) is 2.04. The molecule has 5 heteroatoms. The number of ether oxygens (including phenoxy) is 1. The number of rotatable bonds is 3. The zero-order chi connectivity index (χ0) is 12.3. The molecule has 0 aliphatic heterocycles. The standard InChI is InChI=1S/C12H8FNO3/c13-8-4-3-5-9(11(8)12(15)16)17-10-6-1-2-7-14-10/h1-7H,(H,15,16). The van der Waals surface area contributed by atoms with E-state index in [2.05, 4.69) is 4.98 Å². The Hall–Kier alpha value is -2.43. The Bertz CT molecular complexity index is 543. The van der Waals surface area contributed by atoms with E-state index in [0.29, 0.717) is 0 Å². The molecule has 0 saturated carbocycles. The molecule has 0 radical (unpaired) electrons. The van der Waals surface area contributed by atoms with E-state index in [0.717, 1.165) is 6.07 Å². The molecular weight excluding hydrogens is 225 g/mol. The second-order valence-electron chi connectivity index (χ2n) is 3.19. The van der Waals surface area contributed by atoms with Crippen LogP contribution in [0.4, 0.5) is 4.39 Å². The lowest BCUT2D eigenvalue weighted by atomic mass is 10.2. The van der Waals surface area contributed by atoms with Crippen LogP contribution in [0.15, 0.2) is 42.6 Å². The summed E-state index contributed by atoms with van der Waals surface area (Å²) in [7, 11) is 0. The molecule has 0 atom stereocenters. The van der Waals surface area contributed by atoms with Gasteiger partial charge in [-0.25, -0.2) is 14.2 Å². The van der Waals surface area contributed by atoms with Crippen LogP contribution < -0.4 is 4.74 Å². The van der Waals surface area contributed by atoms with Crippen LogP contribution >= 0.6 is 0 Å². The molecular formula is C12H8FNO3. The minimum atomic E-state index is -1.38. The number of aromatic carboxylic acids is 1. The van der Waals surface area contributed by atoms with Gasteiger partial charge < -0.3 is 9.84 Å². The number of halogens is 1. The van der Waals surface area contributed by atoms with Gasteiger partial charge in [-0.15, -0.1) is 0 Å². The second-order valence-corrected chi connectivity index (χ2v) is 3.19. The lowest BCUT2D eigenvalue weighted by Gasteiger charge is -2.07. The first-order valence-electron chi connectivity index (χ1n) is 4.79. The third-order valence-electron chi connectivity index (χ3n) is 2.04. The maximum atomic E-state index is 13.3. The number of nitrogens with zero attached hydrogens (tertiary/aromatic N) is 1. The first kappa shape index (κ1) is 11.1. The van der Waals surface area contributed by atoms with E-state index in [1.165, 1.54) is 18.3 Å². The van der Waals surface area contributed by atoms with Crippen molar-refractivity contribution in [3.8, 4) is 11.6 Å². The highest BCUT2D eigenvalue weighted by Gasteiger charge is 2.17. The van der Waals surface area contributed by atoms with Gasteiger partial charge in [0.25, 0.3) is 0 Å². The second kappa shape index (κ2) is 4.61. The molecule has 1 N–H and O–H groups in total. The molecule has 2 rings (SSSR count). The number of carboxylic acids is 1. The summed E-state index contributed by atoms with van der Waals surface area (Å²) in [6.07, 6.45) is 1.50. The molecule has 17 heavy (non-hydrogen) atoms. The van der Waals surface area contributed by atoms with Gasteiger partial charge in [-0.05, 0) is 18.2 Å². The van der Waals surface area contributed by atoms with Gasteiger partial charge in [0.2, 0.25) is 5.88 Å². The largest absolute Gasteiger partial charge is 0.477 e. The van der Waals surface area contributed by atoms with Gasteiger partial charge in [0.1, 0.15) is 17.1 Å². The van der Waals surface area contributed by atoms with E-state index in [1.54, 1.807) is 18.2 Å². The summed E-state index contributed by atoms with van der Waals surface area (Å²) in [6, 6.07) is 8.74. The fourth-order valence-corrected chi connectivity index (χ4v) is 1.32. The van der Waals surface area contributed by atoms with Crippen molar-refractivity contribution in [3.05, 3.63) is 54.0 Å². The fraction of sp³-hybridized carbons (Fsp3) is 0. The predicted molar refractivity (Wildman–Crippen MR) is 57.7 cm³/mol. The molecule has 0 aliphatic rings. The van der Waals surface area contributed by atoms with E-state index in [4.69, 9.17) is 9.84 Å². The van der Waals surface area contributed by atoms with Crippen LogP contribution in [0, 0.1) is 5.82 Å². The molecule has 1 aromatic carbocycles. The van der Waals surface area contributed by atoms with Crippen molar-refractivity contribution < 1.29 is 19.0 Å². The van der Waals surface area contributed by atoms with Crippen molar-refractivity contribution in [1.29, 1.82) is 0 Å². The Morgan fingerprint density at radius 1 is 1.24 bits per heavy atom. The molecule has 0 amide bonds. The molecule has 0 saturated heterocycles. The van der Waals surface area contributed by atoms with Crippen molar-refractivity contribution in [2.75, 3.05) is 0 Å². The summed E-state index contributed by atoms with van der Waals surface area (Å²) in [4.78, 5) is 14.8. The molecule has 2 aromatic rings. The van der Waals surface area contributed by atoms with Crippen LogP contribution in [-0.2, 0) is 0 Å². The van der Waals surface area contributed by atoms with E-state index in [1.807, 2.05) is 0 Å². The van der Waals surface area contributed by atoms with Gasteiger partial charge in [-0.1, -0.05) is 12.1 Å². The number of pyridine rings is 1. The van der Waals surface area contributed by atoms with Gasteiger partial charge >= 0.3 is 5.97 Å². The first-order valence-corrected chi connectivity index (χ1v) is 4.79. The van der Waals surface area contributed by atoms with E-state index < -0.39 is 17.3 Å². The molecule has 1 heterocycles. The maximum absolute atomic E-state index is 13.3. The number of hydrogen-bond donors (Lipinski definition) is 1. The monoisotopic (exact) mass is 233 g/mol. The number of benzene rings is 1. The predicted octanol–water partition coefficient (Wildman–Crippen LogP) is 2.71. The van der Waals surface area contributed by atoms with Crippen LogP contribution in [0.1, 0.15) is 10.4 Å². The van der Waals surface area contributed by atoms with Crippen LogP contribution in [0.5, 0.6) is 11.6 Å². The Labute approximate surface area is 96.3 Å². The molecule has 0 spiro atoms. The smallest absolute Gasteiger partial charge is 0.342 e. The van der Waals surface area contributed by atoms with Crippen molar-refractivity contribution in [1.82, 2.24) is 4.98 Å². The lowest BCUT2D eigenvalue weighted by molar-refractivity contribution is 0.0689. The SMILES string of the molecule is O=C(O)c1c(F)cccc1Oc1ccccn1.